The van der Waals surface area contributed by atoms with Crippen LogP contribution in [0.2, 0.25) is 0 Å². The molecule has 1 heterocycles. The average molecular weight is 297 g/mol. The molecule has 1 aliphatic rings. The van der Waals surface area contributed by atoms with Gasteiger partial charge >= 0.3 is 88.6 Å². The van der Waals surface area contributed by atoms with Crippen LogP contribution in [0.5, 0.6) is 0 Å². The van der Waals surface area contributed by atoms with Crippen LogP contribution in [0.15, 0.2) is 0 Å². The standard InChI is InChI=1S/C10H20INO/c1-8(2)10(13)12-11-6-4-9(3)5-7-11/h8-9H,4-7H2,1-3H3,(H,12,13). The first-order valence-corrected chi connectivity index (χ1v) is 9.14. The Labute approximate surface area is 88.6 Å². The summed E-state index contributed by atoms with van der Waals surface area (Å²) in [7, 11) is 0. The molecule has 1 fully saturated rings. The normalized spacial score (nSPS) is 22.0. The van der Waals surface area contributed by atoms with E-state index in [2.05, 4.69) is 10.5 Å². The third-order valence-electron chi connectivity index (χ3n) is 2.41. The number of hydrogen-bond acceptors (Lipinski definition) is 1. The quantitative estimate of drug-likeness (QED) is 0.474. The summed E-state index contributed by atoms with van der Waals surface area (Å²) >= 11 is -1.05. The number of carbonyl (C=O) groups is 1. The summed E-state index contributed by atoms with van der Waals surface area (Å²) in [5, 5.41) is 0. The predicted molar refractivity (Wildman–Crippen MR) is 65.1 cm³/mol. The van der Waals surface area contributed by atoms with Gasteiger partial charge in [-0.3, -0.25) is 0 Å². The molecule has 0 atom stereocenters. The Kier molecular flexibility index (Phi) is 4.49. The monoisotopic (exact) mass is 297 g/mol. The van der Waals surface area contributed by atoms with Gasteiger partial charge in [0.15, 0.2) is 0 Å². The Morgan fingerprint density at radius 3 is 2.38 bits per heavy atom. The summed E-state index contributed by atoms with van der Waals surface area (Å²) in [6.07, 6.45) is 2.67. The van der Waals surface area contributed by atoms with Gasteiger partial charge in [0, 0.05) is 0 Å². The summed E-state index contributed by atoms with van der Waals surface area (Å²) in [5.74, 6) is 1.33. The summed E-state index contributed by atoms with van der Waals surface area (Å²) in [4.78, 5) is 11.4. The molecule has 0 bridgehead atoms. The Bertz CT molecular complexity index is 174. The number of nitrogens with one attached hydrogen (secondary N) is 1. The van der Waals surface area contributed by atoms with Crippen molar-refractivity contribution in [1.29, 1.82) is 0 Å². The van der Waals surface area contributed by atoms with Crippen LogP contribution in [0.1, 0.15) is 33.6 Å². The third-order valence-corrected chi connectivity index (χ3v) is 7.56. The van der Waals surface area contributed by atoms with Gasteiger partial charge in [-0.15, -0.1) is 0 Å². The predicted octanol–water partition coefficient (Wildman–Crippen LogP) is 2.61. The van der Waals surface area contributed by atoms with E-state index in [-0.39, 0.29) is 11.8 Å². The van der Waals surface area contributed by atoms with E-state index in [4.69, 9.17) is 0 Å². The molecule has 1 N–H and O–H groups in total. The molecule has 78 valence electrons. The van der Waals surface area contributed by atoms with Gasteiger partial charge in [0.05, 0.1) is 0 Å². The fraction of sp³-hybridized carbons (Fsp3) is 0.900. The van der Waals surface area contributed by atoms with Crippen molar-refractivity contribution in [2.75, 3.05) is 8.86 Å². The van der Waals surface area contributed by atoms with Crippen LogP contribution in [0.4, 0.5) is 0 Å². The van der Waals surface area contributed by atoms with Crippen LogP contribution in [0.25, 0.3) is 0 Å². The summed E-state index contributed by atoms with van der Waals surface area (Å²) in [6, 6.07) is 0. The van der Waals surface area contributed by atoms with Gasteiger partial charge in [-0.2, -0.15) is 0 Å². The van der Waals surface area contributed by atoms with Crippen LogP contribution in [0.3, 0.4) is 0 Å². The molecule has 1 amide bonds. The first kappa shape index (κ1) is 11.3. The van der Waals surface area contributed by atoms with E-state index in [1.807, 2.05) is 13.8 Å². The Morgan fingerprint density at radius 2 is 1.92 bits per heavy atom. The molecule has 0 spiro atoms. The molecular formula is C10H20INO. The molecule has 0 saturated carbocycles. The maximum absolute atomic E-state index is 11.4. The maximum atomic E-state index is 11.4. The number of alkyl halides is 2. The molecule has 1 aliphatic heterocycles. The number of rotatable bonds is 2. The van der Waals surface area contributed by atoms with E-state index in [1.165, 1.54) is 21.7 Å². The molecular weight excluding hydrogens is 277 g/mol. The van der Waals surface area contributed by atoms with Gasteiger partial charge in [-0.25, -0.2) is 0 Å². The van der Waals surface area contributed by atoms with Crippen molar-refractivity contribution in [3.63, 3.8) is 0 Å². The SMILES string of the molecule is CC1CCI(NC(=O)C(C)C)CC1. The van der Waals surface area contributed by atoms with E-state index >= 15 is 0 Å². The van der Waals surface area contributed by atoms with Crippen LogP contribution in [-0.4, -0.2) is 14.8 Å². The van der Waals surface area contributed by atoms with Crippen molar-refractivity contribution in [2.45, 2.75) is 33.6 Å². The van der Waals surface area contributed by atoms with Crippen molar-refractivity contribution < 1.29 is 4.79 Å². The van der Waals surface area contributed by atoms with Crippen molar-refractivity contribution in [3.05, 3.63) is 0 Å². The molecule has 3 heteroatoms. The van der Waals surface area contributed by atoms with E-state index in [0.717, 1.165) is 5.92 Å². The van der Waals surface area contributed by atoms with Crippen molar-refractivity contribution in [1.82, 2.24) is 3.53 Å². The van der Waals surface area contributed by atoms with Gasteiger partial charge in [0.2, 0.25) is 0 Å². The Morgan fingerprint density at radius 1 is 1.38 bits per heavy atom. The van der Waals surface area contributed by atoms with E-state index in [1.54, 1.807) is 0 Å². The fourth-order valence-electron chi connectivity index (χ4n) is 1.21. The zero-order valence-electron chi connectivity index (χ0n) is 8.77. The average Bonchev–Trinajstić information content (AvgIpc) is 2.08. The van der Waals surface area contributed by atoms with E-state index < -0.39 is 20.1 Å². The zero-order valence-corrected chi connectivity index (χ0v) is 10.9. The Balaban J connectivity index is 2.26. The first-order chi connectivity index (χ1) is 6.09. The van der Waals surface area contributed by atoms with Gasteiger partial charge in [0.1, 0.15) is 0 Å². The molecule has 13 heavy (non-hydrogen) atoms. The molecule has 1 saturated heterocycles. The number of amides is 1. The molecule has 0 unspecified atom stereocenters. The summed E-state index contributed by atoms with van der Waals surface area (Å²) < 4.78 is 5.90. The molecule has 2 nitrogen and oxygen atoms in total. The molecule has 0 aromatic carbocycles. The van der Waals surface area contributed by atoms with Gasteiger partial charge in [-0.05, 0) is 0 Å². The van der Waals surface area contributed by atoms with Crippen LogP contribution >= 0.6 is 20.1 Å². The second-order valence-corrected chi connectivity index (χ2v) is 9.43. The van der Waals surface area contributed by atoms with Gasteiger partial charge < -0.3 is 0 Å². The molecule has 0 aliphatic carbocycles. The van der Waals surface area contributed by atoms with Crippen molar-refractivity contribution >= 4 is 26.0 Å². The van der Waals surface area contributed by atoms with E-state index in [9.17, 15) is 4.79 Å². The number of hydrogen-bond donors (Lipinski definition) is 1. The second-order valence-electron chi connectivity index (χ2n) is 4.13. The molecule has 0 aromatic heterocycles. The van der Waals surface area contributed by atoms with Crippen LogP contribution in [0, 0.1) is 11.8 Å². The first-order valence-electron chi connectivity index (χ1n) is 5.01. The molecule has 0 aromatic rings. The van der Waals surface area contributed by atoms with Crippen LogP contribution in [-0.2, 0) is 4.79 Å². The third kappa shape index (κ3) is 3.83. The second kappa shape index (κ2) is 5.17. The minimum absolute atomic E-state index is 0.164. The van der Waals surface area contributed by atoms with Crippen molar-refractivity contribution in [2.24, 2.45) is 11.8 Å². The summed E-state index contributed by atoms with van der Waals surface area (Å²) in [6.45, 7) is 6.26. The number of halogens is 1. The molecule has 0 radical (unpaired) electrons. The van der Waals surface area contributed by atoms with Crippen LogP contribution < -0.4 is 3.53 Å². The topological polar surface area (TPSA) is 29.1 Å². The van der Waals surface area contributed by atoms with Gasteiger partial charge in [-0.1, -0.05) is 0 Å². The zero-order chi connectivity index (χ0) is 9.84. The molecule has 1 rings (SSSR count). The van der Waals surface area contributed by atoms with Gasteiger partial charge in [0.25, 0.3) is 0 Å². The fourth-order valence-corrected chi connectivity index (χ4v) is 7.29. The van der Waals surface area contributed by atoms with E-state index in [0.29, 0.717) is 0 Å². The van der Waals surface area contributed by atoms with Crippen molar-refractivity contribution in [3.8, 4) is 0 Å². The summed E-state index contributed by atoms with van der Waals surface area (Å²) in [5.41, 5.74) is 0. The minimum atomic E-state index is -1.05. The number of carbonyl (C=O) groups excluding carboxylic acids is 1. The Hall–Kier alpha value is 0.200.